The second-order valence-electron chi connectivity index (χ2n) is 2.75. The SMILES string of the molecule is C#CCCC(=O)c1cc(Br)ccc1I. The zero-order chi connectivity index (χ0) is 10.6. The van der Waals surface area contributed by atoms with Crippen LogP contribution in [0.15, 0.2) is 22.7 Å². The van der Waals surface area contributed by atoms with E-state index in [0.717, 1.165) is 13.6 Å². The number of terminal acetylenes is 1. The molecule has 0 aromatic heterocycles. The highest BCUT2D eigenvalue weighted by molar-refractivity contribution is 14.1. The molecule has 14 heavy (non-hydrogen) atoms. The van der Waals surface area contributed by atoms with Gasteiger partial charge in [-0.1, -0.05) is 15.9 Å². The number of hydrogen-bond acceptors (Lipinski definition) is 1. The quantitative estimate of drug-likeness (QED) is 0.455. The highest BCUT2D eigenvalue weighted by atomic mass is 127. The predicted molar refractivity (Wildman–Crippen MR) is 69.3 cm³/mol. The van der Waals surface area contributed by atoms with Crippen LogP contribution in [0.25, 0.3) is 0 Å². The third kappa shape index (κ3) is 3.10. The van der Waals surface area contributed by atoms with Gasteiger partial charge in [0.15, 0.2) is 5.78 Å². The summed E-state index contributed by atoms with van der Waals surface area (Å²) in [6.07, 6.45) is 6.03. The summed E-state index contributed by atoms with van der Waals surface area (Å²) in [6, 6.07) is 5.66. The van der Waals surface area contributed by atoms with Crippen molar-refractivity contribution in [3.63, 3.8) is 0 Å². The first-order valence-corrected chi connectivity index (χ1v) is 5.94. The monoisotopic (exact) mass is 362 g/mol. The molecule has 1 aromatic rings. The van der Waals surface area contributed by atoms with Crippen LogP contribution in [0.3, 0.4) is 0 Å². The standard InChI is InChI=1S/C11H8BrIO/c1-2-3-4-11(14)9-7-8(12)5-6-10(9)13/h1,5-7H,3-4H2. The molecule has 0 heterocycles. The largest absolute Gasteiger partial charge is 0.294 e. The van der Waals surface area contributed by atoms with E-state index in [1.807, 2.05) is 18.2 Å². The number of benzene rings is 1. The molecule has 0 bridgehead atoms. The Morgan fingerprint density at radius 1 is 1.57 bits per heavy atom. The molecule has 0 amide bonds. The number of hydrogen-bond donors (Lipinski definition) is 0. The van der Waals surface area contributed by atoms with Crippen molar-refractivity contribution >= 4 is 44.3 Å². The molecule has 0 N–H and O–H groups in total. The van der Waals surface area contributed by atoms with Gasteiger partial charge in [-0.2, -0.15) is 0 Å². The van der Waals surface area contributed by atoms with Crippen LogP contribution >= 0.6 is 38.5 Å². The molecule has 0 aliphatic rings. The van der Waals surface area contributed by atoms with Crippen molar-refractivity contribution in [2.75, 3.05) is 0 Å². The fourth-order valence-electron chi connectivity index (χ4n) is 1.03. The lowest BCUT2D eigenvalue weighted by Crippen LogP contribution is -2.01. The van der Waals surface area contributed by atoms with E-state index in [-0.39, 0.29) is 5.78 Å². The number of ketones is 1. The van der Waals surface area contributed by atoms with Gasteiger partial charge < -0.3 is 0 Å². The first-order chi connectivity index (χ1) is 6.65. The maximum Gasteiger partial charge on any atom is 0.164 e. The van der Waals surface area contributed by atoms with Crippen molar-refractivity contribution in [1.82, 2.24) is 0 Å². The molecular formula is C11H8BrIO. The van der Waals surface area contributed by atoms with Gasteiger partial charge in [0.05, 0.1) is 0 Å². The normalized spacial score (nSPS) is 9.50. The van der Waals surface area contributed by atoms with Crippen molar-refractivity contribution in [1.29, 1.82) is 0 Å². The van der Waals surface area contributed by atoms with Gasteiger partial charge in [-0.25, -0.2) is 0 Å². The molecule has 72 valence electrons. The van der Waals surface area contributed by atoms with E-state index >= 15 is 0 Å². The predicted octanol–water partition coefficient (Wildman–Crippen LogP) is 3.65. The molecule has 1 rings (SSSR count). The van der Waals surface area contributed by atoms with Gasteiger partial charge in [0.1, 0.15) is 0 Å². The van der Waals surface area contributed by atoms with Crippen molar-refractivity contribution in [2.45, 2.75) is 12.8 Å². The molecule has 3 heteroatoms. The summed E-state index contributed by atoms with van der Waals surface area (Å²) in [6.45, 7) is 0. The maximum absolute atomic E-state index is 11.7. The van der Waals surface area contributed by atoms with Crippen LogP contribution < -0.4 is 0 Å². The van der Waals surface area contributed by atoms with Gasteiger partial charge in [-0.15, -0.1) is 12.3 Å². The molecule has 0 aliphatic carbocycles. The van der Waals surface area contributed by atoms with Gasteiger partial charge in [0.2, 0.25) is 0 Å². The molecule has 0 fully saturated rings. The summed E-state index contributed by atoms with van der Waals surface area (Å²) >= 11 is 5.49. The van der Waals surface area contributed by atoms with Crippen molar-refractivity contribution in [3.05, 3.63) is 31.8 Å². The summed E-state index contributed by atoms with van der Waals surface area (Å²) in [5.74, 6) is 2.57. The van der Waals surface area contributed by atoms with Gasteiger partial charge >= 0.3 is 0 Å². The molecule has 0 atom stereocenters. The van der Waals surface area contributed by atoms with Gasteiger partial charge in [-0.05, 0) is 40.8 Å². The van der Waals surface area contributed by atoms with E-state index in [1.54, 1.807) is 0 Å². The van der Waals surface area contributed by atoms with Crippen LogP contribution in [0.4, 0.5) is 0 Å². The number of carbonyl (C=O) groups is 1. The fourth-order valence-corrected chi connectivity index (χ4v) is 2.03. The summed E-state index contributed by atoms with van der Waals surface area (Å²) in [4.78, 5) is 11.7. The highest BCUT2D eigenvalue weighted by Crippen LogP contribution is 2.20. The van der Waals surface area contributed by atoms with Gasteiger partial charge in [-0.3, -0.25) is 4.79 Å². The second-order valence-corrected chi connectivity index (χ2v) is 4.83. The molecule has 1 aromatic carbocycles. The Morgan fingerprint density at radius 2 is 2.29 bits per heavy atom. The maximum atomic E-state index is 11.7. The van der Waals surface area contributed by atoms with Crippen molar-refractivity contribution in [2.24, 2.45) is 0 Å². The number of carbonyl (C=O) groups excluding carboxylic acids is 1. The fraction of sp³-hybridized carbons (Fsp3) is 0.182. The first-order valence-electron chi connectivity index (χ1n) is 4.07. The Hall–Kier alpha value is -0.340. The summed E-state index contributed by atoms with van der Waals surface area (Å²) in [5, 5.41) is 0. The van der Waals surface area contributed by atoms with Crippen LogP contribution in [0.1, 0.15) is 23.2 Å². The van der Waals surface area contributed by atoms with E-state index in [9.17, 15) is 4.79 Å². The number of Topliss-reactive ketones (excluding diaryl/α,β-unsaturated/α-hetero) is 1. The zero-order valence-electron chi connectivity index (χ0n) is 7.39. The molecule has 0 saturated heterocycles. The average Bonchev–Trinajstić information content (AvgIpc) is 2.18. The molecule has 0 radical (unpaired) electrons. The van der Waals surface area contributed by atoms with Crippen LogP contribution in [0.2, 0.25) is 0 Å². The van der Waals surface area contributed by atoms with Crippen molar-refractivity contribution in [3.8, 4) is 12.3 Å². The van der Waals surface area contributed by atoms with Crippen LogP contribution in [-0.2, 0) is 0 Å². The Morgan fingerprint density at radius 3 is 2.93 bits per heavy atom. The van der Waals surface area contributed by atoms with Crippen LogP contribution in [0.5, 0.6) is 0 Å². The van der Waals surface area contributed by atoms with Crippen LogP contribution in [-0.4, -0.2) is 5.78 Å². The first kappa shape index (κ1) is 11.7. The summed E-state index contributed by atoms with van der Waals surface area (Å²) in [7, 11) is 0. The third-order valence-corrected chi connectivity index (χ3v) is 3.16. The van der Waals surface area contributed by atoms with Gasteiger partial charge in [0, 0.05) is 26.4 Å². The van der Waals surface area contributed by atoms with E-state index in [1.165, 1.54) is 0 Å². The molecule has 0 saturated carbocycles. The Bertz CT molecular complexity index is 393. The summed E-state index contributed by atoms with van der Waals surface area (Å²) in [5.41, 5.74) is 0.746. The van der Waals surface area contributed by atoms with Crippen LogP contribution in [0, 0.1) is 15.9 Å². The van der Waals surface area contributed by atoms with E-state index < -0.39 is 0 Å². The highest BCUT2D eigenvalue weighted by Gasteiger charge is 2.09. The lowest BCUT2D eigenvalue weighted by Gasteiger charge is -2.02. The number of halogens is 2. The molecular weight excluding hydrogens is 355 g/mol. The Labute approximate surface area is 106 Å². The molecule has 0 unspecified atom stereocenters. The van der Waals surface area contributed by atoms with E-state index in [0.29, 0.717) is 12.8 Å². The minimum absolute atomic E-state index is 0.105. The molecule has 0 aliphatic heterocycles. The average molecular weight is 363 g/mol. The lowest BCUT2D eigenvalue weighted by molar-refractivity contribution is 0.0983. The second kappa shape index (κ2) is 5.52. The summed E-state index contributed by atoms with van der Waals surface area (Å²) < 4.78 is 1.88. The Balaban J connectivity index is 2.90. The van der Waals surface area contributed by atoms with Gasteiger partial charge in [0.25, 0.3) is 0 Å². The topological polar surface area (TPSA) is 17.1 Å². The minimum Gasteiger partial charge on any atom is -0.294 e. The third-order valence-electron chi connectivity index (χ3n) is 1.73. The lowest BCUT2D eigenvalue weighted by atomic mass is 10.1. The number of rotatable bonds is 3. The van der Waals surface area contributed by atoms with E-state index in [4.69, 9.17) is 6.42 Å². The minimum atomic E-state index is 0.105. The molecule has 0 spiro atoms. The molecule has 1 nitrogen and oxygen atoms in total. The zero-order valence-corrected chi connectivity index (χ0v) is 11.1. The van der Waals surface area contributed by atoms with Crippen molar-refractivity contribution < 1.29 is 4.79 Å². The smallest absolute Gasteiger partial charge is 0.164 e. The Kier molecular flexibility index (Phi) is 4.63. The van der Waals surface area contributed by atoms with E-state index in [2.05, 4.69) is 44.4 Å².